The number of para-hydroxylation sites is 1. The molecule has 206 valence electrons. The highest BCUT2D eigenvalue weighted by atomic mass is 32.1. The van der Waals surface area contributed by atoms with E-state index in [9.17, 15) is 19.3 Å². The first-order chi connectivity index (χ1) is 17.7. The van der Waals surface area contributed by atoms with Gasteiger partial charge in [-0.2, -0.15) is 0 Å². The lowest BCUT2D eigenvalue weighted by atomic mass is 9.96. The van der Waals surface area contributed by atoms with Crippen molar-refractivity contribution < 1.29 is 41.8 Å². The molecule has 2 N–H and O–H groups in total. The van der Waals surface area contributed by atoms with E-state index in [4.69, 9.17) is 37.2 Å². The van der Waals surface area contributed by atoms with Gasteiger partial charge in [-0.25, -0.2) is 18.1 Å². The summed E-state index contributed by atoms with van der Waals surface area (Å²) in [6, 6.07) is 8.93. The number of halogens is 2. The van der Waals surface area contributed by atoms with Gasteiger partial charge in [-0.15, -0.1) is 6.42 Å². The van der Waals surface area contributed by atoms with Crippen LogP contribution in [-0.4, -0.2) is 57.1 Å². The molecule has 0 saturated carbocycles. The zero-order valence-corrected chi connectivity index (χ0v) is 22.4. The molecule has 1 aromatic heterocycles. The number of esters is 1. The maximum atomic E-state index is 15.9. The standard InChI is InChI=1S/C24H27F2N2O8PS/c1-5-23(25)20(30)24(26,35-21(23)28-12-11-18(38)27-22(28)31)14-33-37(32,36-17-9-7-6-8-10-17)13-16(4)19(29)34-15(2)3/h1,6-12,15-16,20-21,30H,13-14H2,2-4H3,(H,27,31,38)/t16-,20-,21-,23?,24-,37?/m1/s1. The second-order valence-electron chi connectivity index (χ2n) is 8.95. The van der Waals surface area contributed by atoms with Gasteiger partial charge in [0.05, 0.1) is 18.2 Å². The molecule has 1 aliphatic rings. The van der Waals surface area contributed by atoms with Gasteiger partial charge in [0.15, 0.2) is 12.3 Å². The van der Waals surface area contributed by atoms with Crippen molar-refractivity contribution in [2.24, 2.45) is 5.92 Å². The number of hydrogen-bond acceptors (Lipinski definition) is 9. The molecule has 1 aromatic carbocycles. The highest BCUT2D eigenvalue weighted by Gasteiger charge is 2.67. The van der Waals surface area contributed by atoms with Crippen LogP contribution < -0.4 is 10.2 Å². The summed E-state index contributed by atoms with van der Waals surface area (Å²) in [5, 5.41) is 10.6. The number of terminal acetylenes is 1. The first-order valence-electron chi connectivity index (χ1n) is 11.4. The van der Waals surface area contributed by atoms with Gasteiger partial charge in [0, 0.05) is 6.20 Å². The number of carbonyl (C=O) groups is 1. The number of alkyl halides is 2. The van der Waals surface area contributed by atoms with E-state index in [-0.39, 0.29) is 10.4 Å². The molecule has 0 bridgehead atoms. The molecule has 0 amide bonds. The number of carbonyl (C=O) groups excluding carboxylic acids is 1. The molecule has 2 heterocycles. The number of aromatic nitrogens is 2. The minimum absolute atomic E-state index is 0.00826. The Hall–Kier alpha value is -2.88. The number of benzene rings is 1. The van der Waals surface area contributed by atoms with Crippen molar-refractivity contribution in [2.45, 2.75) is 50.7 Å². The van der Waals surface area contributed by atoms with Crippen LogP contribution in [-0.2, 0) is 23.4 Å². The Labute approximate surface area is 222 Å². The summed E-state index contributed by atoms with van der Waals surface area (Å²) in [7, 11) is -4.37. The predicted molar refractivity (Wildman–Crippen MR) is 134 cm³/mol. The van der Waals surface area contributed by atoms with Gasteiger partial charge in [0.1, 0.15) is 17.0 Å². The summed E-state index contributed by atoms with van der Waals surface area (Å²) in [6.45, 7) is 3.34. The molecule has 0 spiro atoms. The Morgan fingerprint density at radius 3 is 2.55 bits per heavy atom. The molecule has 0 radical (unpaired) electrons. The first-order valence-corrected chi connectivity index (χ1v) is 13.6. The third-order valence-electron chi connectivity index (χ3n) is 5.50. The van der Waals surface area contributed by atoms with E-state index in [0.717, 1.165) is 6.20 Å². The van der Waals surface area contributed by atoms with Crippen LogP contribution in [0.25, 0.3) is 0 Å². The average Bonchev–Trinajstić information content (AvgIpc) is 3.05. The lowest BCUT2D eigenvalue weighted by Gasteiger charge is -2.27. The summed E-state index contributed by atoms with van der Waals surface area (Å²) in [5.74, 6) is -3.38. The van der Waals surface area contributed by atoms with Crippen LogP contribution in [0.4, 0.5) is 8.78 Å². The quantitative estimate of drug-likeness (QED) is 0.190. The average molecular weight is 573 g/mol. The molecule has 38 heavy (non-hydrogen) atoms. The largest absolute Gasteiger partial charge is 0.463 e. The van der Waals surface area contributed by atoms with Crippen LogP contribution in [0, 0.1) is 22.9 Å². The molecular formula is C24H27F2N2O8PS. The number of hydrogen-bond donors (Lipinski definition) is 2. The molecule has 1 fully saturated rings. The highest BCUT2D eigenvalue weighted by molar-refractivity contribution is 7.71. The van der Waals surface area contributed by atoms with Gasteiger partial charge >= 0.3 is 19.3 Å². The van der Waals surface area contributed by atoms with Crippen molar-refractivity contribution in [3.63, 3.8) is 0 Å². The first kappa shape index (κ1) is 29.7. The molecule has 14 heteroatoms. The van der Waals surface area contributed by atoms with Crippen LogP contribution >= 0.6 is 19.8 Å². The van der Waals surface area contributed by atoms with Crippen molar-refractivity contribution in [3.05, 3.63) is 57.7 Å². The van der Waals surface area contributed by atoms with Gasteiger partial charge in [0.25, 0.3) is 5.85 Å². The normalized spacial score (nSPS) is 27.3. The minimum atomic E-state index is -4.37. The highest BCUT2D eigenvalue weighted by Crippen LogP contribution is 2.53. The van der Waals surface area contributed by atoms with Crippen LogP contribution in [0.1, 0.15) is 27.0 Å². The van der Waals surface area contributed by atoms with Crippen molar-refractivity contribution in [1.29, 1.82) is 0 Å². The van der Waals surface area contributed by atoms with Gasteiger partial charge < -0.3 is 19.1 Å². The van der Waals surface area contributed by atoms with E-state index in [1.54, 1.807) is 38.0 Å². The zero-order valence-electron chi connectivity index (χ0n) is 20.7. The maximum Gasteiger partial charge on any atom is 0.380 e. The maximum absolute atomic E-state index is 15.9. The van der Waals surface area contributed by atoms with Crippen LogP contribution in [0.5, 0.6) is 5.75 Å². The molecule has 1 saturated heterocycles. The number of ether oxygens (including phenoxy) is 2. The van der Waals surface area contributed by atoms with Crippen molar-refractivity contribution in [3.8, 4) is 18.1 Å². The minimum Gasteiger partial charge on any atom is -0.463 e. The number of nitrogens with zero attached hydrogens (tertiary/aromatic N) is 1. The van der Waals surface area contributed by atoms with Crippen molar-refractivity contribution in [1.82, 2.24) is 9.55 Å². The lowest BCUT2D eigenvalue weighted by molar-refractivity contribution is -0.203. The Morgan fingerprint density at radius 1 is 1.32 bits per heavy atom. The fourth-order valence-electron chi connectivity index (χ4n) is 3.62. The monoisotopic (exact) mass is 572 g/mol. The lowest BCUT2D eigenvalue weighted by Crippen LogP contribution is -2.48. The third-order valence-corrected chi connectivity index (χ3v) is 7.74. The van der Waals surface area contributed by atoms with E-state index >= 15 is 8.78 Å². The van der Waals surface area contributed by atoms with Gasteiger partial charge in [-0.05, 0) is 32.0 Å². The predicted octanol–water partition coefficient (Wildman–Crippen LogP) is 3.68. The van der Waals surface area contributed by atoms with E-state index in [2.05, 4.69) is 4.98 Å². The molecule has 2 aromatic rings. The molecule has 0 aliphatic carbocycles. The van der Waals surface area contributed by atoms with Crippen LogP contribution in [0.2, 0.25) is 0 Å². The molecule has 10 nitrogen and oxygen atoms in total. The summed E-state index contributed by atoms with van der Waals surface area (Å²) in [5.41, 5.74) is -4.22. The van der Waals surface area contributed by atoms with Crippen molar-refractivity contribution >= 4 is 25.8 Å². The van der Waals surface area contributed by atoms with Gasteiger partial charge in [0.2, 0.25) is 5.67 Å². The molecule has 3 rings (SSSR count). The van der Waals surface area contributed by atoms with Gasteiger partial charge in [-0.3, -0.25) is 18.9 Å². The van der Waals surface area contributed by atoms with E-state index < -0.39 is 67.9 Å². The Bertz CT molecular complexity index is 1360. The number of nitrogens with one attached hydrogen (secondary N) is 1. The summed E-state index contributed by atoms with van der Waals surface area (Å²) in [6.07, 6.45) is 0.468. The van der Waals surface area contributed by atoms with Crippen molar-refractivity contribution in [2.75, 3.05) is 12.8 Å². The molecule has 1 aliphatic heterocycles. The third kappa shape index (κ3) is 6.39. The van der Waals surface area contributed by atoms with E-state index in [0.29, 0.717) is 4.57 Å². The zero-order chi connectivity index (χ0) is 28.3. The number of rotatable bonds is 10. The van der Waals surface area contributed by atoms with E-state index in [1.165, 1.54) is 25.1 Å². The molecular weight excluding hydrogens is 545 g/mol. The summed E-state index contributed by atoms with van der Waals surface area (Å²) < 4.78 is 67.0. The number of H-pyrrole nitrogens is 1. The number of aliphatic hydroxyl groups excluding tert-OH is 1. The van der Waals surface area contributed by atoms with E-state index in [1.807, 2.05) is 0 Å². The van der Waals surface area contributed by atoms with Crippen LogP contribution in [0.3, 0.4) is 0 Å². The topological polar surface area (TPSA) is 129 Å². The molecule has 2 unspecified atom stereocenters. The van der Waals surface area contributed by atoms with Crippen LogP contribution in [0.15, 0.2) is 47.4 Å². The van der Waals surface area contributed by atoms with Gasteiger partial charge in [-0.1, -0.05) is 43.3 Å². The number of aromatic amines is 1. The Balaban J connectivity index is 1.90. The number of aliphatic hydroxyl groups is 1. The second kappa shape index (κ2) is 11.5. The fourth-order valence-corrected chi connectivity index (χ4v) is 5.64. The Kier molecular flexibility index (Phi) is 8.96. The SMILES string of the molecule is C#CC1(F)[C@@H](O)[C@@](F)(COP(=O)(C[C@@H](C)C(=O)OC(C)C)Oc2ccccc2)O[C@H]1n1ccc(=S)[nH]c1=O. The smallest absolute Gasteiger partial charge is 0.380 e. The fraction of sp³-hybridized carbons (Fsp3) is 0.458. The molecule has 6 atom stereocenters. The summed E-state index contributed by atoms with van der Waals surface area (Å²) >= 11 is 4.83. The second-order valence-corrected chi connectivity index (χ2v) is 11.4. The summed E-state index contributed by atoms with van der Waals surface area (Å²) in [4.78, 5) is 26.9. The Morgan fingerprint density at radius 2 is 1.97 bits per heavy atom.